The molecule has 2 aromatic carbocycles. The molecule has 0 bridgehead atoms. The summed E-state index contributed by atoms with van der Waals surface area (Å²) in [6.45, 7) is 5.72. The van der Waals surface area contributed by atoms with Crippen molar-refractivity contribution in [1.29, 1.82) is 0 Å². The number of amides is 2. The Balaban J connectivity index is 1.58. The van der Waals surface area contributed by atoms with Crippen LogP contribution in [0, 0.1) is 5.92 Å². The Morgan fingerprint density at radius 3 is 2.82 bits per heavy atom. The highest BCUT2D eigenvalue weighted by Crippen LogP contribution is 2.27. The van der Waals surface area contributed by atoms with Gasteiger partial charge in [0.15, 0.2) is 5.01 Å². The minimum absolute atomic E-state index is 0.0704. The van der Waals surface area contributed by atoms with Gasteiger partial charge < -0.3 is 25.0 Å². The lowest BCUT2D eigenvalue weighted by atomic mass is 10.0. The number of carbonyl (C=O) groups is 2. The van der Waals surface area contributed by atoms with Crippen molar-refractivity contribution >= 4 is 39.1 Å². The second-order valence-corrected chi connectivity index (χ2v) is 9.74. The van der Waals surface area contributed by atoms with Crippen molar-refractivity contribution in [3.8, 4) is 5.75 Å². The molecule has 34 heavy (non-hydrogen) atoms. The van der Waals surface area contributed by atoms with Crippen LogP contribution in [0.5, 0.6) is 5.75 Å². The number of hydrogen-bond acceptors (Lipinski definition) is 7. The standard InChI is InChI=1S/C25H30N4O4S/c1-15-12-26-16(2)14-33-20-11-17(9-10-18(20)25(31)29(3)13-21(15)32-4)27-23(30)24-28-19-7-5-6-8-22(19)34-24/h5-11,15-16,21,26H,12-14H2,1-4H3,(H,27,30)/t15-,16+,21-/m1/s1. The zero-order chi connectivity index (χ0) is 24.2. The molecule has 0 spiro atoms. The van der Waals surface area contributed by atoms with Crippen LogP contribution in [-0.4, -0.2) is 67.7 Å². The molecule has 0 fully saturated rings. The third-order valence-corrected chi connectivity index (χ3v) is 7.01. The first kappa shape index (κ1) is 24.1. The number of aromatic nitrogens is 1. The summed E-state index contributed by atoms with van der Waals surface area (Å²) in [6, 6.07) is 12.8. The van der Waals surface area contributed by atoms with E-state index in [4.69, 9.17) is 9.47 Å². The van der Waals surface area contributed by atoms with Crippen LogP contribution in [0.3, 0.4) is 0 Å². The lowest BCUT2D eigenvalue weighted by Crippen LogP contribution is -2.44. The van der Waals surface area contributed by atoms with Crippen LogP contribution >= 0.6 is 11.3 Å². The highest BCUT2D eigenvalue weighted by molar-refractivity contribution is 7.20. The average molecular weight is 483 g/mol. The van der Waals surface area contributed by atoms with Gasteiger partial charge in [-0.3, -0.25) is 9.59 Å². The molecule has 0 saturated carbocycles. The summed E-state index contributed by atoms with van der Waals surface area (Å²) in [7, 11) is 3.43. The quantitative estimate of drug-likeness (QED) is 0.592. The Morgan fingerprint density at radius 1 is 1.26 bits per heavy atom. The lowest BCUT2D eigenvalue weighted by molar-refractivity contribution is 0.0281. The normalized spacial score (nSPS) is 21.8. The number of ether oxygens (including phenoxy) is 2. The van der Waals surface area contributed by atoms with Crippen LogP contribution in [0.25, 0.3) is 10.2 Å². The third kappa shape index (κ3) is 5.38. The number of nitrogens with one attached hydrogen (secondary N) is 2. The van der Waals surface area contributed by atoms with E-state index in [2.05, 4.69) is 22.5 Å². The second-order valence-electron chi connectivity index (χ2n) is 8.71. The molecule has 4 rings (SSSR count). The Hall–Kier alpha value is -3.01. The summed E-state index contributed by atoms with van der Waals surface area (Å²) in [5, 5.41) is 6.73. The van der Waals surface area contributed by atoms with Crippen molar-refractivity contribution in [2.75, 3.05) is 39.2 Å². The number of nitrogens with zero attached hydrogens (tertiary/aromatic N) is 2. The fraction of sp³-hybridized carbons (Fsp3) is 0.400. The lowest BCUT2D eigenvalue weighted by Gasteiger charge is -2.30. The van der Waals surface area contributed by atoms with Crippen LogP contribution in [0.4, 0.5) is 5.69 Å². The number of carbonyl (C=O) groups excluding carboxylic acids is 2. The highest BCUT2D eigenvalue weighted by atomic mass is 32.1. The maximum atomic E-state index is 13.2. The fourth-order valence-corrected chi connectivity index (χ4v) is 4.75. The topological polar surface area (TPSA) is 92.8 Å². The minimum Gasteiger partial charge on any atom is -0.491 e. The van der Waals surface area contributed by atoms with Gasteiger partial charge in [-0.05, 0) is 37.1 Å². The average Bonchev–Trinajstić information content (AvgIpc) is 3.28. The minimum atomic E-state index is -0.301. The van der Waals surface area contributed by atoms with Gasteiger partial charge in [-0.25, -0.2) is 4.98 Å². The molecule has 8 nitrogen and oxygen atoms in total. The van der Waals surface area contributed by atoms with Crippen molar-refractivity contribution in [3.63, 3.8) is 0 Å². The fourth-order valence-electron chi connectivity index (χ4n) is 3.89. The first-order valence-electron chi connectivity index (χ1n) is 11.3. The van der Waals surface area contributed by atoms with Gasteiger partial charge in [0.25, 0.3) is 11.8 Å². The molecule has 3 atom stereocenters. The molecule has 9 heteroatoms. The van der Waals surface area contributed by atoms with Crippen LogP contribution in [0.15, 0.2) is 42.5 Å². The smallest absolute Gasteiger partial charge is 0.284 e. The summed E-state index contributed by atoms with van der Waals surface area (Å²) in [6.07, 6.45) is -0.0928. The van der Waals surface area contributed by atoms with E-state index in [9.17, 15) is 9.59 Å². The molecule has 1 aromatic heterocycles. The summed E-state index contributed by atoms with van der Waals surface area (Å²) in [5.41, 5.74) is 1.77. The number of thiazole rings is 1. The zero-order valence-corrected chi connectivity index (χ0v) is 20.6. The van der Waals surface area contributed by atoms with Crippen LogP contribution in [0.2, 0.25) is 0 Å². The summed E-state index contributed by atoms with van der Waals surface area (Å²) in [5.74, 6) is 0.191. The molecule has 2 amide bonds. The second kappa shape index (κ2) is 10.5. The van der Waals surface area contributed by atoms with E-state index in [1.807, 2.05) is 31.2 Å². The maximum Gasteiger partial charge on any atom is 0.284 e. The van der Waals surface area contributed by atoms with E-state index < -0.39 is 0 Å². The zero-order valence-electron chi connectivity index (χ0n) is 19.8. The van der Waals surface area contributed by atoms with Crippen molar-refractivity contribution in [2.24, 2.45) is 5.92 Å². The SMILES string of the molecule is CO[C@@H]1CN(C)C(=O)c2ccc(NC(=O)c3nc4ccccc4s3)cc2OC[C@H](C)NC[C@H]1C. The van der Waals surface area contributed by atoms with Gasteiger partial charge in [0.1, 0.15) is 12.4 Å². The van der Waals surface area contributed by atoms with E-state index >= 15 is 0 Å². The van der Waals surface area contributed by atoms with Gasteiger partial charge in [-0.1, -0.05) is 19.1 Å². The number of fused-ring (bicyclic) bond motifs is 2. The number of benzene rings is 2. The van der Waals surface area contributed by atoms with Gasteiger partial charge in [-0.15, -0.1) is 11.3 Å². The molecule has 180 valence electrons. The largest absolute Gasteiger partial charge is 0.491 e. The summed E-state index contributed by atoms with van der Waals surface area (Å²) >= 11 is 1.34. The maximum absolute atomic E-state index is 13.2. The molecular weight excluding hydrogens is 452 g/mol. The van der Waals surface area contributed by atoms with Gasteiger partial charge in [0.2, 0.25) is 0 Å². The number of methoxy groups -OCH3 is 1. The molecule has 0 aliphatic carbocycles. The van der Waals surface area contributed by atoms with Gasteiger partial charge in [-0.2, -0.15) is 0 Å². The molecule has 1 aliphatic heterocycles. The molecule has 3 aromatic rings. The molecule has 0 radical (unpaired) electrons. The first-order valence-corrected chi connectivity index (χ1v) is 12.1. The van der Waals surface area contributed by atoms with Crippen molar-refractivity contribution in [3.05, 3.63) is 53.0 Å². The number of hydrogen-bond donors (Lipinski definition) is 2. The number of likely N-dealkylation sites (N-methyl/N-ethyl adjacent to an activating group) is 1. The molecule has 0 unspecified atom stereocenters. The molecular formula is C25H30N4O4S. The number of rotatable bonds is 3. The molecule has 2 heterocycles. The van der Waals surface area contributed by atoms with Crippen molar-refractivity contribution < 1.29 is 19.1 Å². The summed E-state index contributed by atoms with van der Waals surface area (Å²) < 4.78 is 12.7. The number of para-hydroxylation sites is 1. The van der Waals surface area contributed by atoms with E-state index in [1.165, 1.54) is 11.3 Å². The van der Waals surface area contributed by atoms with Gasteiger partial charge >= 0.3 is 0 Å². The Morgan fingerprint density at radius 2 is 2.06 bits per heavy atom. The van der Waals surface area contributed by atoms with E-state index in [0.717, 1.165) is 16.8 Å². The first-order chi connectivity index (χ1) is 16.4. The van der Waals surface area contributed by atoms with Crippen LogP contribution in [0.1, 0.15) is 34.0 Å². The molecule has 1 aliphatic rings. The predicted molar refractivity (Wildman–Crippen MR) is 134 cm³/mol. The van der Waals surface area contributed by atoms with Crippen LogP contribution < -0.4 is 15.4 Å². The van der Waals surface area contributed by atoms with Gasteiger partial charge in [0.05, 0.1) is 21.9 Å². The van der Waals surface area contributed by atoms with Crippen molar-refractivity contribution in [2.45, 2.75) is 26.0 Å². The molecule has 0 saturated heterocycles. The van der Waals surface area contributed by atoms with Crippen LogP contribution in [-0.2, 0) is 4.74 Å². The highest BCUT2D eigenvalue weighted by Gasteiger charge is 2.25. The number of anilines is 1. The summed E-state index contributed by atoms with van der Waals surface area (Å²) in [4.78, 5) is 32.1. The van der Waals surface area contributed by atoms with E-state index in [0.29, 0.717) is 35.2 Å². The predicted octanol–water partition coefficient (Wildman–Crippen LogP) is 3.64. The third-order valence-electron chi connectivity index (χ3n) is 5.97. The Labute approximate surface area is 203 Å². The van der Waals surface area contributed by atoms with Crippen molar-refractivity contribution in [1.82, 2.24) is 15.2 Å². The van der Waals surface area contributed by atoms with Gasteiger partial charge in [0, 0.05) is 45.0 Å². The molecule has 2 N–H and O–H groups in total. The monoisotopic (exact) mass is 482 g/mol. The Bertz CT molecular complexity index is 1150. The van der Waals surface area contributed by atoms with E-state index in [-0.39, 0.29) is 29.9 Å². The van der Waals surface area contributed by atoms with E-state index in [1.54, 1.807) is 37.3 Å². The Kier molecular flexibility index (Phi) is 7.45.